The molecule has 6 rings (SSSR count). The van der Waals surface area contributed by atoms with Gasteiger partial charge in [0.25, 0.3) is 0 Å². The first-order valence-electron chi connectivity index (χ1n) is 12.5. The Bertz CT molecular complexity index is 1660. The maximum absolute atomic E-state index is 14.9. The molecule has 4 heterocycles. The van der Waals surface area contributed by atoms with Gasteiger partial charge in [0.15, 0.2) is 0 Å². The number of nitrogens with zero attached hydrogens (tertiary/aromatic N) is 4. The van der Waals surface area contributed by atoms with E-state index in [1.165, 1.54) is 47.9 Å². The molecule has 1 saturated heterocycles. The van der Waals surface area contributed by atoms with Gasteiger partial charge in [-0.3, -0.25) is 9.30 Å². The van der Waals surface area contributed by atoms with Crippen LogP contribution in [0, 0.1) is 11.6 Å². The number of anilines is 3. The monoisotopic (exact) mass is 644 g/mol. The third-order valence-corrected chi connectivity index (χ3v) is 8.86. The van der Waals surface area contributed by atoms with E-state index in [0.29, 0.717) is 32.8 Å². The van der Waals surface area contributed by atoms with Gasteiger partial charge in [-0.25, -0.2) is 4.98 Å². The van der Waals surface area contributed by atoms with Gasteiger partial charge in [-0.05, 0) is 32.0 Å². The minimum atomic E-state index is -0.611. The number of carbonyl (C=O) groups is 1. The maximum atomic E-state index is 14.9. The standard InChI is InChI=1S/C28H23F2N6OS.In/c29-20-7-1-2-8-22(20)32-27(37)18-9-10-23(21(30)14-18)33-28-34-24(17-38-28)25-15-31-26-19(6-5-13-36(25)26)16-35-11-3-4-12-35;/h1-2,5-7,9-10,13-15,17H,3-4,11-12,16H2,(H,32,37)(H,33,34);. The van der Waals surface area contributed by atoms with Gasteiger partial charge in [-0.2, -0.15) is 0 Å². The van der Waals surface area contributed by atoms with Gasteiger partial charge in [0.1, 0.15) is 5.65 Å². The molecule has 1 fully saturated rings. The number of para-hydroxylation sites is 1. The number of thiazole rings is 1. The average molecular weight is 644 g/mol. The van der Waals surface area contributed by atoms with Crippen LogP contribution < -0.4 is 14.0 Å². The number of amides is 1. The number of nitrogens with one attached hydrogen (secondary N) is 2. The minimum absolute atomic E-state index is 0.0941. The molecule has 11 heteroatoms. The molecule has 1 aliphatic rings. The van der Waals surface area contributed by atoms with Crippen LogP contribution in [-0.4, -0.2) is 62.6 Å². The first-order chi connectivity index (χ1) is 19.0. The summed E-state index contributed by atoms with van der Waals surface area (Å²) in [6.07, 6.45) is 6.27. The fraction of sp³-hybridized carbons (Fsp3) is 0.179. The van der Waals surface area contributed by atoms with Crippen molar-refractivity contribution >= 4 is 67.1 Å². The average Bonchev–Trinajstić information content (AvgIpc) is 3.69. The van der Waals surface area contributed by atoms with Crippen LogP contribution in [-0.2, 0) is 6.54 Å². The van der Waals surface area contributed by atoms with Gasteiger partial charge in [0, 0.05) is 18.3 Å². The number of carbonyl (C=O) groups excluding carboxylic acids is 1. The van der Waals surface area contributed by atoms with Gasteiger partial charge in [-0.1, -0.05) is 6.07 Å². The van der Waals surface area contributed by atoms with E-state index in [0.717, 1.165) is 42.7 Å². The van der Waals surface area contributed by atoms with Crippen LogP contribution >= 0.6 is 11.3 Å². The van der Waals surface area contributed by atoms with Crippen molar-refractivity contribution in [2.75, 3.05) is 23.7 Å². The van der Waals surface area contributed by atoms with Crippen molar-refractivity contribution in [3.05, 3.63) is 89.1 Å². The van der Waals surface area contributed by atoms with Crippen molar-refractivity contribution in [3.63, 3.8) is 0 Å². The molecular formula is C28H23F2InN6OS. The molecule has 0 atom stereocenters. The van der Waals surface area contributed by atoms with Crippen molar-refractivity contribution in [2.24, 2.45) is 0 Å². The van der Waals surface area contributed by atoms with Gasteiger partial charge >= 0.3 is 155 Å². The zero-order chi connectivity index (χ0) is 26.9. The quantitative estimate of drug-likeness (QED) is 0.258. The van der Waals surface area contributed by atoms with E-state index in [1.54, 1.807) is 12.1 Å². The Kier molecular flexibility index (Phi) is 7.37. The second kappa shape index (κ2) is 11.1. The third kappa shape index (κ3) is 5.43. The fourth-order valence-corrected chi connectivity index (χ4v) is 6.38. The normalized spacial score (nSPS) is 13.7. The van der Waals surface area contributed by atoms with Crippen molar-refractivity contribution in [1.82, 2.24) is 19.3 Å². The van der Waals surface area contributed by atoms with Crippen LogP contribution in [0.3, 0.4) is 0 Å². The molecule has 5 aromatic rings. The first kappa shape index (κ1) is 26.0. The summed E-state index contributed by atoms with van der Waals surface area (Å²) in [5, 5.41) is 7.98. The fourth-order valence-electron chi connectivity index (χ4n) is 4.74. The zero-order valence-corrected chi connectivity index (χ0v) is 24.9. The Morgan fingerprint density at radius 3 is 2.72 bits per heavy atom. The van der Waals surface area contributed by atoms with Crippen LogP contribution in [0.5, 0.6) is 0 Å². The number of hydrogen-bond donors (Lipinski definition) is 2. The summed E-state index contributed by atoms with van der Waals surface area (Å²) in [5.41, 5.74) is 4.10. The molecule has 194 valence electrons. The summed E-state index contributed by atoms with van der Waals surface area (Å²) in [4.78, 5) is 24.4. The van der Waals surface area contributed by atoms with Crippen LogP contribution in [0.2, 0.25) is 0 Å². The van der Waals surface area contributed by atoms with Crippen LogP contribution in [0.15, 0.2) is 66.3 Å². The van der Waals surface area contributed by atoms with Gasteiger partial charge in [-0.15, -0.1) is 0 Å². The van der Waals surface area contributed by atoms with E-state index in [4.69, 9.17) is 0 Å². The molecule has 0 spiro atoms. The predicted molar refractivity (Wildman–Crippen MR) is 150 cm³/mol. The first-order valence-corrected chi connectivity index (χ1v) is 15.0. The molecule has 7 nitrogen and oxygen atoms in total. The molecular weight excluding hydrogens is 621 g/mol. The van der Waals surface area contributed by atoms with Gasteiger partial charge in [0.2, 0.25) is 0 Å². The number of pyridine rings is 1. The van der Waals surface area contributed by atoms with Crippen molar-refractivity contribution in [1.29, 1.82) is 0 Å². The van der Waals surface area contributed by atoms with E-state index < -0.39 is 17.5 Å². The third-order valence-electron chi connectivity index (χ3n) is 6.73. The Morgan fingerprint density at radius 2 is 1.92 bits per heavy atom. The van der Waals surface area contributed by atoms with Gasteiger partial charge < -0.3 is 0 Å². The Hall–Kier alpha value is -3.28. The van der Waals surface area contributed by atoms with Crippen LogP contribution in [0.4, 0.5) is 25.3 Å². The number of likely N-dealkylation sites (tertiary alicyclic amines) is 1. The van der Waals surface area contributed by atoms with Crippen molar-refractivity contribution in [3.8, 4) is 11.4 Å². The Morgan fingerprint density at radius 1 is 1.08 bits per heavy atom. The number of imidazole rings is 1. The van der Waals surface area contributed by atoms with Crippen LogP contribution in [0.1, 0.15) is 28.8 Å². The second-order valence-electron chi connectivity index (χ2n) is 9.37. The summed E-state index contributed by atoms with van der Waals surface area (Å²) in [6, 6.07) is 12.9. The molecule has 1 amide bonds. The van der Waals surface area contributed by atoms with Crippen molar-refractivity contribution in [2.45, 2.75) is 19.4 Å². The number of benzene rings is 2. The summed E-state index contributed by atoms with van der Waals surface area (Å²) in [5.74, 6) is -1.70. The predicted octanol–water partition coefficient (Wildman–Crippen LogP) is 5.12. The van der Waals surface area contributed by atoms with Gasteiger partial charge in [0.05, 0.1) is 11.9 Å². The van der Waals surface area contributed by atoms with E-state index in [2.05, 4.69) is 31.6 Å². The summed E-state index contributed by atoms with van der Waals surface area (Å²) in [6.45, 7) is 3.11. The SMILES string of the molecule is O=C(Nc1c(F)ccc[c]1[In])c1ccc(Nc2nc(-c3cnc4c(CN5CCCC5)cccn34)cs2)c(F)c1. The number of fused-ring (bicyclic) bond motifs is 1. The number of aromatic nitrogens is 3. The molecule has 3 aromatic heterocycles. The molecule has 39 heavy (non-hydrogen) atoms. The van der Waals surface area contributed by atoms with E-state index in [1.807, 2.05) is 28.2 Å². The molecule has 0 bridgehead atoms. The Labute approximate surface area is 242 Å². The van der Waals surface area contributed by atoms with Crippen molar-refractivity contribution < 1.29 is 13.6 Å². The molecule has 1 aliphatic heterocycles. The topological polar surface area (TPSA) is 74.6 Å². The van der Waals surface area contributed by atoms with E-state index in [-0.39, 0.29) is 16.9 Å². The van der Waals surface area contributed by atoms with Crippen LogP contribution in [0.25, 0.3) is 17.0 Å². The number of halogens is 2. The number of hydrogen-bond acceptors (Lipinski definition) is 6. The van der Waals surface area contributed by atoms with E-state index in [9.17, 15) is 13.6 Å². The molecule has 0 unspecified atom stereocenters. The zero-order valence-electron chi connectivity index (χ0n) is 20.8. The summed E-state index contributed by atoms with van der Waals surface area (Å²) < 4.78 is 31.8. The Balaban J connectivity index is 1.18. The molecule has 0 aliphatic carbocycles. The molecule has 2 radical (unpaired) electrons. The van der Waals surface area contributed by atoms with E-state index >= 15 is 0 Å². The summed E-state index contributed by atoms with van der Waals surface area (Å²) in [7, 11) is 0. The second-order valence-corrected chi connectivity index (χ2v) is 12.0. The molecule has 2 aromatic carbocycles. The molecule has 0 saturated carbocycles. The molecule has 2 N–H and O–H groups in total. The number of rotatable bonds is 7. The summed E-state index contributed by atoms with van der Waals surface area (Å²) >= 11 is 1.99.